The second kappa shape index (κ2) is 3.64. The van der Waals surface area contributed by atoms with Crippen molar-refractivity contribution in [2.24, 2.45) is 0 Å². The van der Waals surface area contributed by atoms with Crippen LogP contribution >= 0.6 is 0 Å². The van der Waals surface area contributed by atoms with Crippen LogP contribution in [-0.4, -0.2) is 7.28 Å². The molecule has 0 aromatic heterocycles. The quantitative estimate of drug-likeness (QED) is 0.507. The van der Waals surface area contributed by atoms with Crippen LogP contribution in [0.2, 0.25) is 0 Å². The van der Waals surface area contributed by atoms with E-state index in [-0.39, 0.29) is 0 Å². The van der Waals surface area contributed by atoms with Crippen LogP contribution in [-0.2, 0) is 0 Å². The van der Waals surface area contributed by atoms with Crippen molar-refractivity contribution in [3.63, 3.8) is 0 Å². The number of rotatable bonds is 2. The van der Waals surface area contributed by atoms with Crippen LogP contribution in [0.4, 0.5) is 0 Å². The van der Waals surface area contributed by atoms with Crippen LogP contribution in [0, 0.1) is 63.0 Å². The van der Waals surface area contributed by atoms with Crippen molar-refractivity contribution in [2.75, 3.05) is 0 Å². The van der Waals surface area contributed by atoms with Crippen molar-refractivity contribution in [2.45, 2.75) is 0 Å². The topological polar surface area (TPSA) is 0 Å². The molecule has 0 spiro atoms. The fourth-order valence-electron chi connectivity index (χ4n) is 1.16. The highest BCUT2D eigenvalue weighted by Crippen LogP contribution is 2.29. The largest absolute Gasteiger partial charge is 0.325 e. The summed E-state index contributed by atoms with van der Waals surface area (Å²) in [6, 6.07) is 0. The molecule has 0 bridgehead atoms. The lowest BCUT2D eigenvalue weighted by Crippen LogP contribution is -2.12. The molecule has 12 radical (unpaired) electrons. The smallest absolute Gasteiger partial charge is 0.0346 e. The van der Waals surface area contributed by atoms with Crippen LogP contribution < -0.4 is 0 Å². The zero-order valence-corrected chi connectivity index (χ0v) is 6.20. The Kier molecular flexibility index (Phi) is 2.55. The van der Waals surface area contributed by atoms with E-state index in [4.69, 9.17) is 0 Å². The number of hydrogen-bond acceptors (Lipinski definition) is 0. The molecular formula is C10H8B-. The first kappa shape index (κ1) is 7.70. The summed E-state index contributed by atoms with van der Waals surface area (Å²) in [5.74, 6) is 2.55. The SMILES string of the molecule is [B-]([C]1[CH][CH][CH][CH]1)[C]1[CH][CH][CH][CH]1. The lowest BCUT2D eigenvalue weighted by Gasteiger charge is -2.30. The lowest BCUT2D eigenvalue weighted by atomic mass is 9.53. The van der Waals surface area contributed by atoms with Gasteiger partial charge in [-0.2, -0.15) is 0 Å². The van der Waals surface area contributed by atoms with E-state index in [0.29, 0.717) is 0 Å². The molecule has 11 heavy (non-hydrogen) atoms. The Bertz CT molecular complexity index is 96.0. The minimum atomic E-state index is 1.27. The average molecular weight is 139 g/mol. The monoisotopic (exact) mass is 139 g/mol. The van der Waals surface area contributed by atoms with Crippen molar-refractivity contribution in [3.05, 3.63) is 63.0 Å². The third kappa shape index (κ3) is 2.01. The highest BCUT2D eigenvalue weighted by Gasteiger charge is 2.12. The lowest BCUT2D eigenvalue weighted by molar-refractivity contribution is 1.42. The molecule has 2 fully saturated rings. The third-order valence-electron chi connectivity index (χ3n) is 1.71. The molecule has 52 valence electrons. The minimum Gasteiger partial charge on any atom is -0.325 e. The van der Waals surface area contributed by atoms with E-state index < -0.39 is 0 Å². The Balaban J connectivity index is 1.71. The molecule has 0 N–H and O–H groups in total. The van der Waals surface area contributed by atoms with Crippen LogP contribution in [0.25, 0.3) is 0 Å². The molecule has 0 nitrogen and oxygen atoms in total. The Morgan fingerprint density at radius 3 is 1.36 bits per heavy atom. The predicted molar refractivity (Wildman–Crippen MR) is 46.6 cm³/mol. The van der Waals surface area contributed by atoms with Crippen molar-refractivity contribution < 1.29 is 0 Å². The Morgan fingerprint density at radius 2 is 1.00 bits per heavy atom. The molecule has 0 aromatic rings. The zero-order chi connectivity index (χ0) is 7.52. The van der Waals surface area contributed by atoms with Crippen molar-refractivity contribution in [3.8, 4) is 0 Å². The van der Waals surface area contributed by atoms with E-state index in [1.165, 1.54) is 11.6 Å². The second-order valence-corrected chi connectivity index (χ2v) is 2.58. The van der Waals surface area contributed by atoms with Gasteiger partial charge in [-0.25, -0.2) is 11.6 Å². The average Bonchev–Trinajstić information content (AvgIpc) is 2.60. The van der Waals surface area contributed by atoms with Gasteiger partial charge in [0.25, 0.3) is 0 Å². The first-order valence-corrected chi connectivity index (χ1v) is 3.73. The maximum atomic E-state index is 2.17. The summed E-state index contributed by atoms with van der Waals surface area (Å²) in [7, 11) is 2.17. The zero-order valence-electron chi connectivity index (χ0n) is 6.20. The van der Waals surface area contributed by atoms with Gasteiger partial charge in [-0.15, -0.1) is 0 Å². The molecule has 0 atom stereocenters. The Morgan fingerprint density at radius 1 is 0.636 bits per heavy atom. The van der Waals surface area contributed by atoms with Gasteiger partial charge in [0.2, 0.25) is 0 Å². The standard InChI is InChI=1S/C10H8B/c1-2-6-9(5-1)11-10-7-3-4-8-10/h1-8H/q-1. The van der Waals surface area contributed by atoms with Crippen molar-refractivity contribution in [1.29, 1.82) is 0 Å². The van der Waals surface area contributed by atoms with Crippen LogP contribution in [0.3, 0.4) is 0 Å². The Hall–Kier alpha value is 0.0649. The first-order valence-electron chi connectivity index (χ1n) is 3.73. The van der Waals surface area contributed by atoms with E-state index in [1.807, 2.05) is 0 Å². The van der Waals surface area contributed by atoms with Crippen LogP contribution in [0.1, 0.15) is 0 Å². The van der Waals surface area contributed by atoms with Gasteiger partial charge in [-0.05, 0) is 25.7 Å². The summed E-state index contributed by atoms with van der Waals surface area (Å²) < 4.78 is 0. The molecule has 0 aromatic carbocycles. The fourth-order valence-corrected chi connectivity index (χ4v) is 1.16. The van der Waals surface area contributed by atoms with Gasteiger partial charge < -0.3 is 7.28 Å². The summed E-state index contributed by atoms with van der Waals surface area (Å²) in [4.78, 5) is 0. The van der Waals surface area contributed by atoms with Gasteiger partial charge in [0, 0.05) is 0 Å². The maximum absolute atomic E-state index is 2.17. The van der Waals surface area contributed by atoms with Gasteiger partial charge in [0.1, 0.15) is 0 Å². The molecule has 0 amide bonds. The summed E-state index contributed by atoms with van der Waals surface area (Å²) in [6.45, 7) is 0. The van der Waals surface area contributed by atoms with E-state index >= 15 is 0 Å². The highest BCUT2D eigenvalue weighted by molar-refractivity contribution is 6.53. The third-order valence-corrected chi connectivity index (χ3v) is 1.71. The van der Waals surface area contributed by atoms with E-state index in [1.54, 1.807) is 0 Å². The van der Waals surface area contributed by atoms with Crippen molar-refractivity contribution in [1.82, 2.24) is 0 Å². The molecular weight excluding hydrogens is 131 g/mol. The summed E-state index contributed by atoms with van der Waals surface area (Å²) in [5, 5.41) is 0. The molecule has 0 saturated heterocycles. The fraction of sp³-hybridized carbons (Fsp3) is 0. The molecule has 0 heterocycles. The van der Waals surface area contributed by atoms with Crippen LogP contribution in [0.5, 0.6) is 0 Å². The summed E-state index contributed by atoms with van der Waals surface area (Å²) in [6.07, 6.45) is 16.6. The predicted octanol–water partition coefficient (Wildman–Crippen LogP) is 1.42. The van der Waals surface area contributed by atoms with Gasteiger partial charge in [-0.1, -0.05) is 25.7 Å². The minimum absolute atomic E-state index is 1.27. The molecule has 0 aliphatic heterocycles. The molecule has 2 aliphatic carbocycles. The van der Waals surface area contributed by atoms with Gasteiger partial charge in [0.15, 0.2) is 0 Å². The highest BCUT2D eigenvalue weighted by atomic mass is 14.2. The van der Waals surface area contributed by atoms with Crippen molar-refractivity contribution >= 4 is 7.28 Å². The molecule has 1 heteroatoms. The maximum Gasteiger partial charge on any atom is -0.0346 e. The number of hydrogen-bond donors (Lipinski definition) is 0. The first-order chi connectivity index (χ1) is 5.45. The molecule has 0 unspecified atom stereocenters. The van der Waals surface area contributed by atoms with Gasteiger partial charge in [0.05, 0.1) is 0 Å². The van der Waals surface area contributed by atoms with Gasteiger partial charge in [-0.3, -0.25) is 0 Å². The Labute approximate surface area is 71.0 Å². The van der Waals surface area contributed by atoms with E-state index in [2.05, 4.69) is 58.6 Å². The normalized spacial score (nSPS) is 28.4. The van der Waals surface area contributed by atoms with E-state index in [9.17, 15) is 0 Å². The summed E-state index contributed by atoms with van der Waals surface area (Å²) in [5.41, 5.74) is 0. The van der Waals surface area contributed by atoms with Gasteiger partial charge >= 0.3 is 0 Å². The second-order valence-electron chi connectivity index (χ2n) is 2.58. The molecule has 2 rings (SSSR count). The summed E-state index contributed by atoms with van der Waals surface area (Å²) >= 11 is 0. The van der Waals surface area contributed by atoms with Crippen LogP contribution in [0.15, 0.2) is 0 Å². The molecule has 2 aliphatic rings. The van der Waals surface area contributed by atoms with E-state index in [0.717, 1.165) is 0 Å². The molecule has 2 saturated carbocycles.